The van der Waals surface area contributed by atoms with Crippen LogP contribution in [0.15, 0.2) is 85.1 Å². The van der Waals surface area contributed by atoms with Crippen molar-refractivity contribution in [1.29, 1.82) is 0 Å². The van der Waals surface area contributed by atoms with Crippen molar-refractivity contribution in [3.05, 3.63) is 85.1 Å². The van der Waals surface area contributed by atoms with Gasteiger partial charge in [-0.1, -0.05) is 286 Å². The summed E-state index contributed by atoms with van der Waals surface area (Å²) in [7, 11) is 0. The molecule has 1 unspecified atom stereocenters. The lowest BCUT2D eigenvalue weighted by Gasteiger charge is -2.18. The van der Waals surface area contributed by atoms with Crippen molar-refractivity contribution in [2.75, 3.05) is 13.2 Å². The largest absolute Gasteiger partial charge is 0.462 e. The van der Waals surface area contributed by atoms with Crippen molar-refractivity contribution in [2.45, 2.75) is 341 Å². The number of ether oxygens (including phenoxy) is 3. The van der Waals surface area contributed by atoms with Crippen molar-refractivity contribution >= 4 is 17.9 Å². The minimum Gasteiger partial charge on any atom is -0.462 e. The summed E-state index contributed by atoms with van der Waals surface area (Å²) in [6, 6.07) is 0. The number of hydrogen-bond acceptors (Lipinski definition) is 6. The molecule has 78 heavy (non-hydrogen) atoms. The highest BCUT2D eigenvalue weighted by atomic mass is 16.6. The molecule has 0 radical (unpaired) electrons. The first-order valence-electron chi connectivity index (χ1n) is 33.6. The van der Waals surface area contributed by atoms with Crippen LogP contribution in [-0.2, 0) is 28.6 Å². The van der Waals surface area contributed by atoms with E-state index in [0.29, 0.717) is 19.3 Å². The average Bonchev–Trinajstić information content (AvgIpc) is 3.44. The van der Waals surface area contributed by atoms with E-state index in [-0.39, 0.29) is 31.1 Å². The Morgan fingerprint density at radius 1 is 0.269 bits per heavy atom. The Balaban J connectivity index is 4.20. The van der Waals surface area contributed by atoms with Crippen LogP contribution in [0.3, 0.4) is 0 Å². The number of rotatable bonds is 61. The topological polar surface area (TPSA) is 78.9 Å². The third kappa shape index (κ3) is 63.4. The van der Waals surface area contributed by atoms with Crippen molar-refractivity contribution in [1.82, 2.24) is 0 Å². The lowest BCUT2D eigenvalue weighted by Crippen LogP contribution is -2.30. The van der Waals surface area contributed by atoms with Crippen LogP contribution >= 0.6 is 0 Å². The van der Waals surface area contributed by atoms with Gasteiger partial charge in [0.1, 0.15) is 13.2 Å². The molecule has 0 aromatic rings. The number of carbonyl (C=O) groups is 3. The van der Waals surface area contributed by atoms with Crippen LogP contribution in [0, 0.1) is 0 Å². The first-order valence-corrected chi connectivity index (χ1v) is 33.6. The van der Waals surface area contributed by atoms with Gasteiger partial charge in [0.05, 0.1) is 0 Å². The molecule has 0 bridgehead atoms. The zero-order chi connectivity index (χ0) is 56.4. The zero-order valence-electron chi connectivity index (χ0n) is 51.7. The molecule has 0 rings (SSSR count). The Morgan fingerprint density at radius 3 is 0.808 bits per heavy atom. The highest BCUT2D eigenvalue weighted by molar-refractivity contribution is 5.71. The molecular formula is C72H126O6. The maximum absolute atomic E-state index is 12.9. The molecule has 0 saturated heterocycles. The van der Waals surface area contributed by atoms with E-state index in [1.54, 1.807) is 0 Å². The highest BCUT2D eigenvalue weighted by Crippen LogP contribution is 2.17. The molecule has 6 nitrogen and oxygen atoms in total. The molecule has 0 aliphatic heterocycles. The Hall–Kier alpha value is -3.41. The molecule has 0 aliphatic rings. The number of allylic oxidation sites excluding steroid dienone is 14. The van der Waals surface area contributed by atoms with Gasteiger partial charge >= 0.3 is 17.9 Å². The average molecular weight is 1090 g/mol. The normalized spacial score (nSPS) is 12.6. The van der Waals surface area contributed by atoms with Gasteiger partial charge in [0, 0.05) is 19.3 Å². The summed E-state index contributed by atoms with van der Waals surface area (Å²) in [5.74, 6) is -0.882. The number of unbranched alkanes of at least 4 members (excludes halogenated alkanes) is 36. The summed E-state index contributed by atoms with van der Waals surface area (Å²) in [6.45, 7) is 6.53. The molecule has 0 aromatic carbocycles. The van der Waals surface area contributed by atoms with Gasteiger partial charge in [0.15, 0.2) is 6.10 Å². The molecule has 0 aromatic heterocycles. The molecule has 0 fully saturated rings. The predicted octanol–water partition coefficient (Wildman–Crippen LogP) is 23.1. The van der Waals surface area contributed by atoms with E-state index in [0.717, 1.165) is 109 Å². The van der Waals surface area contributed by atoms with Crippen molar-refractivity contribution in [3.63, 3.8) is 0 Å². The fraction of sp³-hybridized carbons (Fsp3) is 0.764. The lowest BCUT2D eigenvalue weighted by molar-refractivity contribution is -0.167. The summed E-state index contributed by atoms with van der Waals surface area (Å²) in [4.78, 5) is 38.3. The van der Waals surface area contributed by atoms with Crippen molar-refractivity contribution in [2.24, 2.45) is 0 Å². The second-order valence-electron chi connectivity index (χ2n) is 22.3. The first kappa shape index (κ1) is 74.6. The number of carbonyl (C=O) groups excluding carboxylic acids is 3. The molecule has 1 atom stereocenters. The van der Waals surface area contributed by atoms with Crippen molar-refractivity contribution < 1.29 is 28.6 Å². The van der Waals surface area contributed by atoms with Crippen LogP contribution in [0.1, 0.15) is 335 Å². The minimum atomic E-state index is -0.783. The van der Waals surface area contributed by atoms with Gasteiger partial charge in [-0.15, -0.1) is 0 Å². The lowest BCUT2D eigenvalue weighted by atomic mass is 10.0. The Kier molecular flexibility index (Phi) is 63.2. The summed E-state index contributed by atoms with van der Waals surface area (Å²) in [5.41, 5.74) is 0. The Morgan fingerprint density at radius 2 is 0.500 bits per heavy atom. The summed E-state index contributed by atoms with van der Waals surface area (Å²) in [6.07, 6.45) is 87.5. The molecule has 0 spiro atoms. The van der Waals surface area contributed by atoms with E-state index in [2.05, 4.69) is 106 Å². The van der Waals surface area contributed by atoms with Crippen LogP contribution in [0.2, 0.25) is 0 Å². The van der Waals surface area contributed by atoms with Crippen LogP contribution < -0.4 is 0 Å². The Bertz CT molecular complexity index is 1480. The summed E-state index contributed by atoms with van der Waals surface area (Å²) in [5, 5.41) is 0. The molecule has 450 valence electrons. The van der Waals surface area contributed by atoms with Gasteiger partial charge < -0.3 is 14.2 Å². The predicted molar refractivity (Wildman–Crippen MR) is 339 cm³/mol. The third-order valence-electron chi connectivity index (χ3n) is 14.6. The van der Waals surface area contributed by atoms with E-state index in [1.807, 2.05) is 0 Å². The highest BCUT2D eigenvalue weighted by Gasteiger charge is 2.19. The van der Waals surface area contributed by atoms with E-state index in [4.69, 9.17) is 14.2 Å². The zero-order valence-corrected chi connectivity index (χ0v) is 51.7. The maximum Gasteiger partial charge on any atom is 0.306 e. The molecule has 0 amide bonds. The maximum atomic E-state index is 12.9. The fourth-order valence-corrected chi connectivity index (χ4v) is 9.58. The number of hydrogen-bond donors (Lipinski definition) is 0. The molecule has 0 heterocycles. The fourth-order valence-electron chi connectivity index (χ4n) is 9.58. The van der Waals surface area contributed by atoms with Gasteiger partial charge in [0.2, 0.25) is 0 Å². The Labute approximate surface area is 484 Å². The molecule has 6 heteroatoms. The van der Waals surface area contributed by atoms with Crippen molar-refractivity contribution in [3.8, 4) is 0 Å². The van der Waals surface area contributed by atoms with E-state index in [9.17, 15) is 14.4 Å². The van der Waals surface area contributed by atoms with Crippen LogP contribution in [0.25, 0.3) is 0 Å². The molecule has 0 N–H and O–H groups in total. The van der Waals surface area contributed by atoms with Crippen LogP contribution in [0.4, 0.5) is 0 Å². The third-order valence-corrected chi connectivity index (χ3v) is 14.6. The summed E-state index contributed by atoms with van der Waals surface area (Å²) < 4.78 is 16.9. The first-order chi connectivity index (χ1) is 38.5. The molecular weight excluding hydrogens is 961 g/mol. The number of esters is 3. The van der Waals surface area contributed by atoms with E-state index in [1.165, 1.54) is 186 Å². The van der Waals surface area contributed by atoms with E-state index < -0.39 is 6.10 Å². The van der Waals surface area contributed by atoms with Gasteiger partial charge in [-0.25, -0.2) is 0 Å². The van der Waals surface area contributed by atoms with Gasteiger partial charge in [-0.05, 0) is 116 Å². The van der Waals surface area contributed by atoms with Gasteiger partial charge in [-0.3, -0.25) is 14.4 Å². The van der Waals surface area contributed by atoms with Crippen LogP contribution in [-0.4, -0.2) is 37.2 Å². The molecule has 0 saturated carbocycles. The molecule has 0 aliphatic carbocycles. The monoisotopic (exact) mass is 1090 g/mol. The van der Waals surface area contributed by atoms with E-state index >= 15 is 0 Å². The standard InChI is InChI=1S/C72H126O6/c1-4-7-10-13-16-19-22-25-27-29-30-31-32-33-34-35-36-37-38-39-40-41-42-43-45-47-50-53-56-59-62-65-71(74)77-68-69(67-76-70(73)64-61-58-55-52-49-46-24-21-18-15-12-9-6-3)78-72(75)66-63-60-57-54-51-48-44-28-26-23-20-17-14-11-8-5-2/h7,10,16,19,21,24-25,27-28,30-31,33-34,44,69H,4-6,8-9,11-15,17-18,20,22-23,26,29,32,35-43,45-68H2,1-3H3/b10-7-,19-16-,24-21-,27-25-,31-30-,34-33-,44-28-. The summed E-state index contributed by atoms with van der Waals surface area (Å²) >= 11 is 0. The van der Waals surface area contributed by atoms with Crippen LogP contribution in [0.5, 0.6) is 0 Å². The van der Waals surface area contributed by atoms with Gasteiger partial charge in [-0.2, -0.15) is 0 Å². The minimum absolute atomic E-state index is 0.0794. The SMILES string of the molecule is CC/C=C\C/C=C\C/C=C\C/C=C\C/C=C\CCCCCCCCCCCCCCCCCC(=O)OCC(COC(=O)CCCCCCC/C=C\CCCCCC)OC(=O)CCCCCCC/C=C\CCCCCCCCC. The second kappa shape index (κ2) is 66.1. The second-order valence-corrected chi connectivity index (χ2v) is 22.3. The quantitative estimate of drug-likeness (QED) is 0.0261. The smallest absolute Gasteiger partial charge is 0.306 e. The van der Waals surface area contributed by atoms with Gasteiger partial charge in [0.25, 0.3) is 0 Å².